The number of benzene rings is 1. The third-order valence-electron chi connectivity index (χ3n) is 2.52. The molecule has 1 heterocycles. The van der Waals surface area contributed by atoms with Gasteiger partial charge in [-0.25, -0.2) is 4.39 Å². The second kappa shape index (κ2) is 5.66. The predicted octanol–water partition coefficient (Wildman–Crippen LogP) is 2.94. The summed E-state index contributed by atoms with van der Waals surface area (Å²) in [5.41, 5.74) is 1.50. The average molecular weight is 316 g/mol. The minimum Gasteiger partial charge on any atom is -0.311 e. The van der Waals surface area contributed by atoms with Crippen molar-refractivity contribution in [3.05, 3.63) is 45.9 Å². The molecule has 1 N–H and O–H groups in total. The van der Waals surface area contributed by atoms with Crippen LogP contribution in [-0.4, -0.2) is 15.8 Å². The Balaban J connectivity index is 2.21. The molecule has 0 saturated carbocycles. The van der Waals surface area contributed by atoms with Crippen LogP contribution in [-0.2, 0) is 6.42 Å². The fraction of sp³-hybridized carbons (Fsp3) is 0.273. The first-order valence-electron chi connectivity index (χ1n) is 5.09. The van der Waals surface area contributed by atoms with Gasteiger partial charge in [0.05, 0.1) is 29.7 Å². The summed E-state index contributed by atoms with van der Waals surface area (Å²) in [4.78, 5) is 0. The Kier molecular flexibility index (Phi) is 4.20. The van der Waals surface area contributed by atoms with Gasteiger partial charge in [0.15, 0.2) is 0 Å². The van der Waals surface area contributed by atoms with Crippen molar-refractivity contribution in [1.82, 2.24) is 14.1 Å². The molecule has 0 saturated heterocycles. The summed E-state index contributed by atoms with van der Waals surface area (Å²) in [7, 11) is 1.83. The Bertz CT molecular complexity index is 489. The van der Waals surface area contributed by atoms with Crippen LogP contribution in [0.5, 0.6) is 0 Å². The van der Waals surface area contributed by atoms with E-state index in [2.05, 4.69) is 30.0 Å². The zero-order chi connectivity index (χ0) is 12.3. The molecule has 90 valence electrons. The second-order valence-corrected chi connectivity index (χ2v) is 5.09. The van der Waals surface area contributed by atoms with Gasteiger partial charge in [-0.3, -0.25) is 0 Å². The lowest BCUT2D eigenvalue weighted by Gasteiger charge is -2.14. The van der Waals surface area contributed by atoms with Gasteiger partial charge in [0.1, 0.15) is 5.82 Å². The van der Waals surface area contributed by atoms with Gasteiger partial charge in [0.25, 0.3) is 0 Å². The second-order valence-electron chi connectivity index (χ2n) is 3.61. The molecule has 0 aliphatic carbocycles. The van der Waals surface area contributed by atoms with Crippen molar-refractivity contribution in [3.63, 3.8) is 0 Å². The fourth-order valence-electron chi connectivity index (χ4n) is 1.60. The first-order valence-corrected chi connectivity index (χ1v) is 6.61. The standard InChI is InChI=1S/C11H11BrFN3S/c1-14-10(11-6-15-17-16-11)5-7-4-8(12)2-3-9(7)13/h2-4,6,10,14H,5H2,1H3. The van der Waals surface area contributed by atoms with Gasteiger partial charge in [-0.2, -0.15) is 8.75 Å². The summed E-state index contributed by atoms with van der Waals surface area (Å²) in [6, 6.07) is 4.93. The first-order chi connectivity index (χ1) is 8.20. The third-order valence-corrected chi connectivity index (χ3v) is 3.50. The van der Waals surface area contributed by atoms with Crippen LogP contribution in [0.1, 0.15) is 17.3 Å². The Hall–Kier alpha value is -0.850. The number of nitrogens with one attached hydrogen (secondary N) is 1. The van der Waals surface area contributed by atoms with Crippen LogP contribution in [0.3, 0.4) is 0 Å². The minimum atomic E-state index is -0.198. The molecule has 1 aromatic heterocycles. The number of hydrogen-bond acceptors (Lipinski definition) is 4. The molecule has 6 heteroatoms. The number of halogens is 2. The van der Waals surface area contributed by atoms with E-state index in [-0.39, 0.29) is 11.9 Å². The van der Waals surface area contributed by atoms with Crippen molar-refractivity contribution in [2.24, 2.45) is 0 Å². The van der Waals surface area contributed by atoms with Crippen LogP contribution >= 0.6 is 27.7 Å². The predicted molar refractivity (Wildman–Crippen MR) is 69.5 cm³/mol. The molecule has 0 spiro atoms. The van der Waals surface area contributed by atoms with E-state index in [9.17, 15) is 4.39 Å². The monoisotopic (exact) mass is 315 g/mol. The highest BCUT2D eigenvalue weighted by molar-refractivity contribution is 9.10. The van der Waals surface area contributed by atoms with Crippen molar-refractivity contribution in [2.45, 2.75) is 12.5 Å². The van der Waals surface area contributed by atoms with Gasteiger partial charge in [0.2, 0.25) is 0 Å². The lowest BCUT2D eigenvalue weighted by Crippen LogP contribution is -2.19. The molecule has 0 amide bonds. The minimum absolute atomic E-state index is 0.0162. The molecule has 2 rings (SSSR count). The van der Waals surface area contributed by atoms with Crippen molar-refractivity contribution in [3.8, 4) is 0 Å². The van der Waals surface area contributed by atoms with Gasteiger partial charge in [0, 0.05) is 4.47 Å². The SMILES string of the molecule is CNC(Cc1cc(Br)ccc1F)c1cnsn1. The largest absolute Gasteiger partial charge is 0.311 e. The lowest BCUT2D eigenvalue weighted by atomic mass is 10.0. The van der Waals surface area contributed by atoms with Crippen LogP contribution in [0.4, 0.5) is 4.39 Å². The zero-order valence-electron chi connectivity index (χ0n) is 9.15. The number of hydrogen-bond donors (Lipinski definition) is 1. The van der Waals surface area contributed by atoms with Crippen LogP contribution < -0.4 is 5.32 Å². The average Bonchev–Trinajstić information content (AvgIpc) is 2.84. The maximum absolute atomic E-state index is 13.6. The fourth-order valence-corrected chi connectivity index (χ4v) is 2.48. The highest BCUT2D eigenvalue weighted by Gasteiger charge is 2.15. The molecule has 0 aliphatic rings. The molecular weight excluding hydrogens is 305 g/mol. The van der Waals surface area contributed by atoms with E-state index in [1.54, 1.807) is 18.3 Å². The van der Waals surface area contributed by atoms with Gasteiger partial charge >= 0.3 is 0 Å². The number of aromatic nitrogens is 2. The summed E-state index contributed by atoms with van der Waals surface area (Å²) in [5.74, 6) is -0.198. The number of rotatable bonds is 4. The van der Waals surface area contributed by atoms with Crippen LogP contribution in [0.25, 0.3) is 0 Å². The molecule has 3 nitrogen and oxygen atoms in total. The summed E-state index contributed by atoms with van der Waals surface area (Å²) < 4.78 is 22.6. The summed E-state index contributed by atoms with van der Waals surface area (Å²) in [6.45, 7) is 0. The molecule has 0 fully saturated rings. The Morgan fingerprint density at radius 1 is 1.53 bits per heavy atom. The Labute approximate surface area is 112 Å². The zero-order valence-corrected chi connectivity index (χ0v) is 11.6. The normalized spacial score (nSPS) is 12.6. The van der Waals surface area contributed by atoms with Gasteiger partial charge in [-0.15, -0.1) is 0 Å². The van der Waals surface area contributed by atoms with E-state index >= 15 is 0 Å². The van der Waals surface area contributed by atoms with Crippen molar-refractivity contribution in [2.75, 3.05) is 7.05 Å². The van der Waals surface area contributed by atoms with Gasteiger partial charge < -0.3 is 5.32 Å². The maximum Gasteiger partial charge on any atom is 0.126 e. The van der Waals surface area contributed by atoms with Gasteiger partial charge in [-0.1, -0.05) is 15.9 Å². The summed E-state index contributed by atoms with van der Waals surface area (Å²) in [5, 5.41) is 3.12. The smallest absolute Gasteiger partial charge is 0.126 e. The molecule has 2 aromatic rings. The van der Waals surface area contributed by atoms with E-state index in [4.69, 9.17) is 0 Å². The molecule has 17 heavy (non-hydrogen) atoms. The molecular formula is C11H11BrFN3S. The highest BCUT2D eigenvalue weighted by atomic mass is 79.9. The quantitative estimate of drug-likeness (QED) is 0.942. The van der Waals surface area contributed by atoms with Crippen LogP contribution in [0.15, 0.2) is 28.9 Å². The van der Waals surface area contributed by atoms with E-state index in [1.807, 2.05) is 7.05 Å². The van der Waals surface area contributed by atoms with E-state index in [0.29, 0.717) is 12.0 Å². The van der Waals surface area contributed by atoms with E-state index < -0.39 is 0 Å². The Morgan fingerprint density at radius 2 is 2.35 bits per heavy atom. The summed E-state index contributed by atoms with van der Waals surface area (Å²) >= 11 is 4.50. The maximum atomic E-state index is 13.6. The summed E-state index contributed by atoms with van der Waals surface area (Å²) in [6.07, 6.45) is 2.26. The highest BCUT2D eigenvalue weighted by Crippen LogP contribution is 2.21. The molecule has 0 bridgehead atoms. The topological polar surface area (TPSA) is 37.8 Å². The molecule has 0 aliphatic heterocycles. The number of likely N-dealkylation sites (N-methyl/N-ethyl adjacent to an activating group) is 1. The van der Waals surface area contributed by atoms with E-state index in [1.165, 1.54) is 6.07 Å². The van der Waals surface area contributed by atoms with E-state index in [0.717, 1.165) is 21.9 Å². The first kappa shape index (κ1) is 12.6. The Morgan fingerprint density at radius 3 is 3.00 bits per heavy atom. The van der Waals surface area contributed by atoms with Crippen LogP contribution in [0, 0.1) is 5.82 Å². The van der Waals surface area contributed by atoms with Crippen molar-refractivity contribution in [1.29, 1.82) is 0 Å². The lowest BCUT2D eigenvalue weighted by molar-refractivity contribution is 0.547. The molecule has 1 atom stereocenters. The molecule has 1 unspecified atom stereocenters. The van der Waals surface area contributed by atoms with Gasteiger partial charge in [-0.05, 0) is 37.2 Å². The number of nitrogens with zero attached hydrogens (tertiary/aromatic N) is 2. The van der Waals surface area contributed by atoms with Crippen LogP contribution in [0.2, 0.25) is 0 Å². The molecule has 0 radical (unpaired) electrons. The molecule has 1 aromatic carbocycles. The van der Waals surface area contributed by atoms with Crippen molar-refractivity contribution >= 4 is 27.7 Å². The third kappa shape index (κ3) is 3.08. The van der Waals surface area contributed by atoms with Crippen molar-refractivity contribution < 1.29 is 4.39 Å².